The molecule has 1 heterocycles. The molecule has 0 aliphatic carbocycles. The Bertz CT molecular complexity index is 1000. The van der Waals surface area contributed by atoms with Gasteiger partial charge in [0, 0.05) is 22.5 Å². The molecule has 9 heteroatoms. The summed E-state index contributed by atoms with van der Waals surface area (Å²) in [7, 11) is 0. The number of nitrogens with zero attached hydrogens (tertiary/aromatic N) is 2. The number of aromatic nitrogens is 2. The van der Waals surface area contributed by atoms with Crippen LogP contribution in [0.5, 0.6) is 5.75 Å². The normalized spacial score (nSPS) is 10.8. The fourth-order valence-corrected chi connectivity index (χ4v) is 3.22. The number of carbonyl (C=O) groups excluding carboxylic acids is 1. The number of amides is 1. The number of thioether (sulfide) groups is 1. The topological polar surface area (TPSA) is 64.1 Å². The number of hydrogen-bond acceptors (Lipinski definition) is 5. The molecular weight excluding hydrogens is 420 g/mol. The lowest BCUT2D eigenvalue weighted by Crippen LogP contribution is -2.15. The number of halogens is 3. The quantitative estimate of drug-likeness (QED) is 0.395. The van der Waals surface area contributed by atoms with Crippen LogP contribution in [0.25, 0.3) is 11.3 Å². The number of nitrogens with one attached hydrogen (secondary N) is 1. The average Bonchev–Trinajstić information content (AvgIpc) is 2.69. The molecular formula is C20H16ClF2N3O2S. The van der Waals surface area contributed by atoms with Gasteiger partial charge >= 0.3 is 6.61 Å². The summed E-state index contributed by atoms with van der Waals surface area (Å²) in [6, 6.07) is 13.4. The first kappa shape index (κ1) is 21.0. The van der Waals surface area contributed by atoms with Gasteiger partial charge in [0.1, 0.15) is 5.75 Å². The highest BCUT2D eigenvalue weighted by Crippen LogP contribution is 2.24. The van der Waals surface area contributed by atoms with E-state index in [0.29, 0.717) is 21.4 Å². The molecule has 1 amide bonds. The van der Waals surface area contributed by atoms with Crippen molar-refractivity contribution in [1.82, 2.24) is 9.97 Å². The average molecular weight is 436 g/mol. The molecule has 5 nitrogen and oxygen atoms in total. The van der Waals surface area contributed by atoms with Crippen molar-refractivity contribution in [3.63, 3.8) is 0 Å². The van der Waals surface area contributed by atoms with Crippen LogP contribution in [-0.4, -0.2) is 28.2 Å². The van der Waals surface area contributed by atoms with Crippen LogP contribution in [0.3, 0.4) is 0 Å². The lowest BCUT2D eigenvalue weighted by atomic mass is 10.1. The third-order valence-electron chi connectivity index (χ3n) is 3.80. The smallest absolute Gasteiger partial charge is 0.387 e. The summed E-state index contributed by atoms with van der Waals surface area (Å²) in [5.41, 5.74) is 2.76. The third kappa shape index (κ3) is 6.13. The lowest BCUT2D eigenvalue weighted by Gasteiger charge is -2.11. The van der Waals surface area contributed by atoms with Crippen LogP contribution in [-0.2, 0) is 4.79 Å². The zero-order chi connectivity index (χ0) is 20.8. The molecule has 1 aromatic heterocycles. The Morgan fingerprint density at radius 2 is 1.97 bits per heavy atom. The van der Waals surface area contributed by atoms with Crippen LogP contribution >= 0.6 is 23.4 Å². The van der Waals surface area contributed by atoms with Crippen molar-refractivity contribution < 1.29 is 18.3 Å². The molecule has 0 unspecified atom stereocenters. The molecule has 0 saturated carbocycles. The fourth-order valence-electron chi connectivity index (χ4n) is 2.46. The standard InChI is InChI=1S/C20H16ClF2N3O2S/c1-12-10-15(28-19(22)23)6-7-16(12)25-18(27)11-29-20-24-9-8-17(26-20)13-2-4-14(21)5-3-13/h2-10,19H,11H2,1H3,(H,25,27). The minimum Gasteiger partial charge on any atom is -0.435 e. The summed E-state index contributed by atoms with van der Waals surface area (Å²) >= 11 is 7.09. The Kier molecular flexibility index (Phi) is 7.00. The highest BCUT2D eigenvalue weighted by atomic mass is 35.5. The molecule has 0 spiro atoms. The maximum absolute atomic E-state index is 12.3. The third-order valence-corrected chi connectivity index (χ3v) is 4.92. The first-order valence-electron chi connectivity index (χ1n) is 8.48. The van der Waals surface area contributed by atoms with Crippen LogP contribution in [0.2, 0.25) is 5.02 Å². The summed E-state index contributed by atoms with van der Waals surface area (Å²) in [5.74, 6) is -0.128. The van der Waals surface area contributed by atoms with E-state index in [4.69, 9.17) is 11.6 Å². The van der Waals surface area contributed by atoms with E-state index in [2.05, 4.69) is 20.0 Å². The summed E-state index contributed by atoms with van der Waals surface area (Å²) in [5, 5.41) is 3.84. The predicted octanol–water partition coefficient (Wildman–Crippen LogP) is 5.44. The number of alkyl halides is 2. The molecule has 0 aliphatic rings. The first-order chi connectivity index (χ1) is 13.9. The minimum absolute atomic E-state index is 0.0392. The molecule has 2 aromatic carbocycles. The van der Waals surface area contributed by atoms with Crippen molar-refractivity contribution >= 4 is 35.0 Å². The Hall–Kier alpha value is -2.71. The number of aryl methyl sites for hydroxylation is 1. The molecule has 150 valence electrons. The molecule has 1 N–H and O–H groups in total. The van der Waals surface area contributed by atoms with Gasteiger partial charge in [0.25, 0.3) is 0 Å². The SMILES string of the molecule is Cc1cc(OC(F)F)ccc1NC(=O)CSc1nccc(-c2ccc(Cl)cc2)n1. The number of hydrogen-bond donors (Lipinski definition) is 1. The largest absolute Gasteiger partial charge is 0.435 e. The van der Waals surface area contributed by atoms with E-state index < -0.39 is 6.61 Å². The van der Waals surface area contributed by atoms with Crippen molar-refractivity contribution in [2.45, 2.75) is 18.7 Å². The zero-order valence-electron chi connectivity index (χ0n) is 15.2. The number of ether oxygens (including phenoxy) is 1. The van der Waals surface area contributed by atoms with Crippen molar-refractivity contribution in [3.05, 3.63) is 65.3 Å². The van der Waals surface area contributed by atoms with Gasteiger partial charge in [0.2, 0.25) is 5.91 Å². The van der Waals surface area contributed by atoms with Crippen LogP contribution in [0, 0.1) is 6.92 Å². The Labute approximate surface area is 175 Å². The molecule has 0 saturated heterocycles. The highest BCUT2D eigenvalue weighted by Gasteiger charge is 2.10. The van der Waals surface area contributed by atoms with E-state index >= 15 is 0 Å². The summed E-state index contributed by atoms with van der Waals surface area (Å²) in [6.07, 6.45) is 1.63. The highest BCUT2D eigenvalue weighted by molar-refractivity contribution is 7.99. The van der Waals surface area contributed by atoms with Crippen LogP contribution < -0.4 is 10.1 Å². The lowest BCUT2D eigenvalue weighted by molar-refractivity contribution is -0.113. The summed E-state index contributed by atoms with van der Waals surface area (Å²) in [6.45, 7) is -1.20. The summed E-state index contributed by atoms with van der Waals surface area (Å²) < 4.78 is 28.9. The molecule has 0 bridgehead atoms. The van der Waals surface area contributed by atoms with E-state index in [1.54, 1.807) is 31.3 Å². The van der Waals surface area contributed by atoms with Crippen LogP contribution in [0.15, 0.2) is 59.9 Å². The number of carbonyl (C=O) groups is 1. The molecule has 0 aliphatic heterocycles. The molecule has 29 heavy (non-hydrogen) atoms. The first-order valence-corrected chi connectivity index (χ1v) is 9.84. The van der Waals surface area contributed by atoms with Gasteiger partial charge in [0.05, 0.1) is 11.4 Å². The molecule has 0 atom stereocenters. The van der Waals surface area contributed by atoms with E-state index in [1.807, 2.05) is 12.1 Å². The number of rotatable bonds is 7. The van der Waals surface area contributed by atoms with Crippen molar-refractivity contribution in [2.75, 3.05) is 11.1 Å². The van der Waals surface area contributed by atoms with Gasteiger partial charge in [-0.15, -0.1) is 0 Å². The van der Waals surface area contributed by atoms with Gasteiger partial charge in [-0.2, -0.15) is 8.78 Å². The maximum Gasteiger partial charge on any atom is 0.387 e. The molecule has 3 aromatic rings. The summed E-state index contributed by atoms with van der Waals surface area (Å²) in [4.78, 5) is 20.9. The van der Waals surface area contributed by atoms with E-state index in [-0.39, 0.29) is 17.4 Å². The second-order valence-corrected chi connectivity index (χ2v) is 7.30. The fraction of sp³-hybridized carbons (Fsp3) is 0.150. The molecule has 0 radical (unpaired) electrons. The monoisotopic (exact) mass is 435 g/mol. The zero-order valence-corrected chi connectivity index (χ0v) is 16.8. The van der Waals surface area contributed by atoms with Crippen LogP contribution in [0.1, 0.15) is 5.56 Å². The number of benzene rings is 2. The van der Waals surface area contributed by atoms with E-state index in [0.717, 1.165) is 11.3 Å². The van der Waals surface area contributed by atoms with Crippen molar-refractivity contribution in [1.29, 1.82) is 0 Å². The predicted molar refractivity (Wildman–Crippen MR) is 110 cm³/mol. The Balaban J connectivity index is 1.60. The van der Waals surface area contributed by atoms with Gasteiger partial charge in [-0.25, -0.2) is 9.97 Å². The van der Waals surface area contributed by atoms with E-state index in [9.17, 15) is 13.6 Å². The molecule has 3 rings (SSSR count). The van der Waals surface area contributed by atoms with Crippen molar-refractivity contribution in [3.8, 4) is 17.0 Å². The van der Waals surface area contributed by atoms with Crippen LogP contribution in [0.4, 0.5) is 14.5 Å². The van der Waals surface area contributed by atoms with Gasteiger partial charge in [-0.3, -0.25) is 4.79 Å². The molecule has 0 fully saturated rings. The second-order valence-electron chi connectivity index (χ2n) is 5.92. The van der Waals surface area contributed by atoms with Crippen molar-refractivity contribution in [2.24, 2.45) is 0 Å². The maximum atomic E-state index is 12.3. The van der Waals surface area contributed by atoms with Gasteiger partial charge in [-0.05, 0) is 48.9 Å². The Morgan fingerprint density at radius 3 is 2.66 bits per heavy atom. The Morgan fingerprint density at radius 1 is 1.21 bits per heavy atom. The number of anilines is 1. The second kappa shape index (κ2) is 9.67. The van der Waals surface area contributed by atoms with Gasteiger partial charge < -0.3 is 10.1 Å². The minimum atomic E-state index is -2.89. The van der Waals surface area contributed by atoms with Gasteiger partial charge in [0.15, 0.2) is 5.16 Å². The van der Waals surface area contributed by atoms with Gasteiger partial charge in [-0.1, -0.05) is 35.5 Å². The van der Waals surface area contributed by atoms with E-state index in [1.165, 1.54) is 30.0 Å².